The van der Waals surface area contributed by atoms with Gasteiger partial charge in [-0.1, -0.05) is 66.9 Å². The lowest BCUT2D eigenvalue weighted by atomic mass is 10.0. The molecule has 6 nitrogen and oxygen atoms in total. The molecule has 0 aromatic heterocycles. The number of anilines is 3. The first-order valence-electron chi connectivity index (χ1n) is 10.7. The number of amides is 3. The number of fused-ring (bicyclic) bond motifs is 1. The number of carbonyl (C=O) groups is 3. The summed E-state index contributed by atoms with van der Waals surface area (Å²) >= 11 is 11.7. The molecule has 2 aromatic rings. The Morgan fingerprint density at radius 1 is 1.12 bits per heavy atom. The largest absolute Gasteiger partial charge is 0.326 e. The third-order valence-corrected chi connectivity index (χ3v) is 6.72. The second-order valence-corrected chi connectivity index (χ2v) is 10.1. The Balaban J connectivity index is 1.63. The lowest BCUT2D eigenvalue weighted by Gasteiger charge is -2.36. The molecule has 2 aromatic carbocycles. The van der Waals surface area contributed by atoms with Crippen molar-refractivity contribution in [1.82, 2.24) is 0 Å². The van der Waals surface area contributed by atoms with Gasteiger partial charge in [-0.2, -0.15) is 0 Å². The van der Waals surface area contributed by atoms with E-state index < -0.39 is 17.9 Å². The van der Waals surface area contributed by atoms with Gasteiger partial charge in [0.25, 0.3) is 0 Å². The second-order valence-electron chi connectivity index (χ2n) is 9.13. The van der Waals surface area contributed by atoms with Crippen LogP contribution in [0.1, 0.15) is 25.8 Å². The van der Waals surface area contributed by atoms with Crippen LogP contribution in [-0.2, 0) is 14.4 Å². The van der Waals surface area contributed by atoms with Crippen LogP contribution in [0.15, 0.2) is 59.1 Å². The molecule has 33 heavy (non-hydrogen) atoms. The minimum Gasteiger partial charge on any atom is -0.326 e. The summed E-state index contributed by atoms with van der Waals surface area (Å²) < 4.78 is 0.106. The SMILES string of the molecule is Cc1ccc(NC(=O)C[C@@H]2C(=O)Nc3ccccc3N2C(=O)[C@H]2[C@H](C=C(Cl)Cl)C2(C)C)cc1. The zero-order chi connectivity index (χ0) is 23.9. The lowest BCUT2D eigenvalue weighted by molar-refractivity contribution is -0.127. The minimum atomic E-state index is -0.981. The van der Waals surface area contributed by atoms with E-state index in [0.717, 1.165) is 5.56 Å². The van der Waals surface area contributed by atoms with E-state index in [1.54, 1.807) is 42.5 Å². The van der Waals surface area contributed by atoms with Crippen LogP contribution in [0.5, 0.6) is 0 Å². The van der Waals surface area contributed by atoms with Crippen molar-refractivity contribution >= 4 is 58.0 Å². The number of rotatable bonds is 5. The summed E-state index contributed by atoms with van der Waals surface area (Å²) in [6.45, 7) is 5.88. The van der Waals surface area contributed by atoms with Crippen LogP contribution in [0.3, 0.4) is 0 Å². The molecule has 172 valence electrons. The molecule has 8 heteroatoms. The first-order chi connectivity index (χ1) is 15.6. The molecular weight excluding hydrogens is 461 g/mol. The average Bonchev–Trinajstić information content (AvgIpc) is 3.28. The van der Waals surface area contributed by atoms with Gasteiger partial charge in [-0.15, -0.1) is 0 Å². The molecule has 1 saturated carbocycles. The highest BCUT2D eigenvalue weighted by molar-refractivity contribution is 6.55. The lowest BCUT2D eigenvalue weighted by Crippen LogP contribution is -2.53. The van der Waals surface area contributed by atoms with Gasteiger partial charge < -0.3 is 10.6 Å². The van der Waals surface area contributed by atoms with Gasteiger partial charge >= 0.3 is 0 Å². The fourth-order valence-corrected chi connectivity index (χ4v) is 4.79. The number of allylic oxidation sites excluding steroid dienone is 1. The van der Waals surface area contributed by atoms with E-state index in [1.807, 2.05) is 32.9 Å². The molecule has 0 bridgehead atoms. The highest BCUT2D eigenvalue weighted by atomic mass is 35.5. The maximum atomic E-state index is 13.8. The highest BCUT2D eigenvalue weighted by Gasteiger charge is 2.62. The monoisotopic (exact) mass is 485 g/mol. The van der Waals surface area contributed by atoms with E-state index >= 15 is 0 Å². The van der Waals surface area contributed by atoms with Crippen LogP contribution >= 0.6 is 23.2 Å². The quantitative estimate of drug-likeness (QED) is 0.605. The summed E-state index contributed by atoms with van der Waals surface area (Å²) in [5.41, 5.74) is 2.43. The van der Waals surface area contributed by atoms with Gasteiger partial charge in [-0.05, 0) is 48.6 Å². The van der Waals surface area contributed by atoms with Crippen molar-refractivity contribution in [2.45, 2.75) is 33.2 Å². The zero-order valence-electron chi connectivity index (χ0n) is 18.6. The van der Waals surface area contributed by atoms with E-state index in [0.29, 0.717) is 17.1 Å². The standard InChI is InChI=1S/C25H25Cl2N3O3/c1-14-8-10-15(11-9-14)28-21(31)13-19-23(32)29-17-6-4-5-7-18(17)30(19)24(33)22-16(12-20(26)27)25(22,2)3/h4-12,16,19,22H,13H2,1-3H3,(H,28,31)(H,29,32)/t16-,19+,22+/m0/s1. The fraction of sp³-hybridized carbons (Fsp3) is 0.320. The van der Waals surface area contributed by atoms with Gasteiger partial charge in [-0.3, -0.25) is 19.3 Å². The Kier molecular flexibility index (Phi) is 6.25. The zero-order valence-corrected chi connectivity index (χ0v) is 20.1. The average molecular weight is 486 g/mol. The Morgan fingerprint density at radius 3 is 2.45 bits per heavy atom. The Labute approximate surface area is 202 Å². The number of halogens is 2. The predicted octanol–water partition coefficient (Wildman–Crippen LogP) is 5.27. The second kappa shape index (κ2) is 8.84. The normalized spacial score (nSPS) is 22.6. The van der Waals surface area contributed by atoms with E-state index in [4.69, 9.17) is 23.2 Å². The molecule has 2 aliphatic rings. The molecule has 1 aliphatic carbocycles. The van der Waals surface area contributed by atoms with E-state index in [-0.39, 0.29) is 34.1 Å². The summed E-state index contributed by atoms with van der Waals surface area (Å²) in [7, 11) is 0. The highest BCUT2D eigenvalue weighted by Crippen LogP contribution is 2.61. The Hall–Kier alpha value is -2.83. The first-order valence-corrected chi connectivity index (χ1v) is 11.5. The molecule has 0 spiro atoms. The molecule has 0 saturated heterocycles. The molecule has 1 fully saturated rings. The number of benzene rings is 2. The molecule has 3 amide bonds. The topological polar surface area (TPSA) is 78.5 Å². The fourth-order valence-electron chi connectivity index (χ4n) is 4.52. The maximum Gasteiger partial charge on any atom is 0.248 e. The Morgan fingerprint density at radius 2 is 1.79 bits per heavy atom. The molecule has 2 N–H and O–H groups in total. The number of para-hydroxylation sites is 2. The third-order valence-electron chi connectivity index (χ3n) is 6.47. The van der Waals surface area contributed by atoms with Gasteiger partial charge in [0.15, 0.2) is 0 Å². The van der Waals surface area contributed by atoms with Crippen molar-refractivity contribution in [3.05, 3.63) is 64.7 Å². The van der Waals surface area contributed by atoms with Crippen molar-refractivity contribution in [2.24, 2.45) is 17.3 Å². The van der Waals surface area contributed by atoms with Gasteiger partial charge in [-0.25, -0.2) is 0 Å². The van der Waals surface area contributed by atoms with Crippen LogP contribution in [0.2, 0.25) is 0 Å². The van der Waals surface area contributed by atoms with Crippen molar-refractivity contribution in [1.29, 1.82) is 0 Å². The van der Waals surface area contributed by atoms with Gasteiger partial charge in [0.1, 0.15) is 10.5 Å². The van der Waals surface area contributed by atoms with Crippen LogP contribution in [-0.4, -0.2) is 23.8 Å². The van der Waals surface area contributed by atoms with E-state index in [9.17, 15) is 14.4 Å². The number of hydrogen-bond acceptors (Lipinski definition) is 3. The summed E-state index contributed by atoms with van der Waals surface area (Å²) in [5.74, 6) is -1.56. The van der Waals surface area contributed by atoms with Crippen molar-refractivity contribution < 1.29 is 14.4 Å². The predicted molar refractivity (Wildman–Crippen MR) is 131 cm³/mol. The smallest absolute Gasteiger partial charge is 0.248 e. The Bertz CT molecular complexity index is 1140. The third kappa shape index (κ3) is 4.63. The van der Waals surface area contributed by atoms with E-state index in [2.05, 4.69) is 10.6 Å². The number of nitrogens with zero attached hydrogens (tertiary/aromatic N) is 1. The molecule has 0 radical (unpaired) electrons. The molecule has 0 unspecified atom stereocenters. The molecule has 1 aliphatic heterocycles. The first kappa shape index (κ1) is 23.3. The summed E-state index contributed by atoms with van der Waals surface area (Å²) in [6.07, 6.45) is 1.49. The van der Waals surface area contributed by atoms with Crippen LogP contribution < -0.4 is 15.5 Å². The summed E-state index contributed by atoms with van der Waals surface area (Å²) in [4.78, 5) is 41.1. The summed E-state index contributed by atoms with van der Waals surface area (Å²) in [5, 5.41) is 5.64. The van der Waals surface area contributed by atoms with Gasteiger partial charge in [0.05, 0.1) is 23.7 Å². The van der Waals surface area contributed by atoms with Crippen LogP contribution in [0.4, 0.5) is 17.1 Å². The number of aryl methyl sites for hydroxylation is 1. The van der Waals surface area contributed by atoms with Crippen LogP contribution in [0, 0.1) is 24.2 Å². The van der Waals surface area contributed by atoms with Gasteiger partial charge in [0, 0.05) is 5.69 Å². The van der Waals surface area contributed by atoms with Gasteiger partial charge in [0.2, 0.25) is 17.7 Å². The maximum absolute atomic E-state index is 13.8. The number of hydrogen-bond donors (Lipinski definition) is 2. The number of nitrogens with one attached hydrogen (secondary N) is 2. The molecule has 1 heterocycles. The minimum absolute atomic E-state index is 0.106. The molecule has 4 rings (SSSR count). The number of carbonyl (C=O) groups excluding carboxylic acids is 3. The van der Waals surface area contributed by atoms with Crippen molar-refractivity contribution in [3.63, 3.8) is 0 Å². The molecule has 3 atom stereocenters. The summed E-state index contributed by atoms with van der Waals surface area (Å²) in [6, 6.07) is 13.5. The van der Waals surface area contributed by atoms with E-state index in [1.165, 1.54) is 4.90 Å². The van der Waals surface area contributed by atoms with Crippen molar-refractivity contribution in [2.75, 3.05) is 15.5 Å². The van der Waals surface area contributed by atoms with Crippen LogP contribution in [0.25, 0.3) is 0 Å². The molecular formula is C25H25Cl2N3O3. The van der Waals surface area contributed by atoms with Crippen molar-refractivity contribution in [3.8, 4) is 0 Å².